The van der Waals surface area contributed by atoms with E-state index in [2.05, 4.69) is 4.98 Å². The van der Waals surface area contributed by atoms with Gasteiger partial charge in [-0.25, -0.2) is 4.98 Å². The topological polar surface area (TPSA) is 38.9 Å². The SMILES string of the molecule is Br.Br.Cc1nc(C)c(CCN)s1. The van der Waals surface area contributed by atoms with Crippen LogP contribution in [0.4, 0.5) is 0 Å². The second-order valence-corrected chi connectivity index (χ2v) is 3.57. The van der Waals surface area contributed by atoms with Crippen molar-refractivity contribution < 1.29 is 0 Å². The van der Waals surface area contributed by atoms with Crippen LogP contribution in [-0.4, -0.2) is 11.5 Å². The number of thiazole rings is 1. The van der Waals surface area contributed by atoms with Gasteiger partial charge in [0.1, 0.15) is 0 Å². The Bertz CT molecular complexity index is 225. The molecule has 1 aromatic rings. The van der Waals surface area contributed by atoms with Crippen LogP contribution in [0.5, 0.6) is 0 Å². The average molecular weight is 318 g/mol. The Morgan fingerprint density at radius 3 is 2.25 bits per heavy atom. The number of nitrogens with zero attached hydrogens (tertiary/aromatic N) is 1. The van der Waals surface area contributed by atoms with Gasteiger partial charge in [-0.05, 0) is 26.8 Å². The minimum atomic E-state index is 0. The van der Waals surface area contributed by atoms with Crippen LogP contribution < -0.4 is 5.73 Å². The highest BCUT2D eigenvalue weighted by atomic mass is 79.9. The van der Waals surface area contributed by atoms with Crippen LogP contribution in [0.2, 0.25) is 0 Å². The molecule has 0 bridgehead atoms. The van der Waals surface area contributed by atoms with Crippen molar-refractivity contribution in [1.82, 2.24) is 4.98 Å². The lowest BCUT2D eigenvalue weighted by Gasteiger charge is -1.90. The fourth-order valence-electron chi connectivity index (χ4n) is 0.937. The van der Waals surface area contributed by atoms with Gasteiger partial charge in [-0.3, -0.25) is 0 Å². The molecule has 1 aromatic heterocycles. The second-order valence-electron chi connectivity index (χ2n) is 2.28. The normalized spacial score (nSPS) is 8.58. The van der Waals surface area contributed by atoms with Gasteiger partial charge in [0.05, 0.1) is 10.7 Å². The van der Waals surface area contributed by atoms with Crippen LogP contribution in [-0.2, 0) is 6.42 Å². The Hall–Kier alpha value is 0.550. The maximum absolute atomic E-state index is 5.42. The first-order valence-corrected chi connectivity index (χ1v) is 4.18. The molecule has 0 amide bonds. The Morgan fingerprint density at radius 1 is 1.33 bits per heavy atom. The van der Waals surface area contributed by atoms with Crippen molar-refractivity contribution in [1.29, 1.82) is 0 Å². The maximum atomic E-state index is 5.42. The number of aryl methyl sites for hydroxylation is 2. The Labute approximate surface area is 98.1 Å². The summed E-state index contributed by atoms with van der Waals surface area (Å²) in [6.07, 6.45) is 0.970. The lowest BCUT2D eigenvalue weighted by Crippen LogP contribution is -2.01. The first-order chi connectivity index (χ1) is 4.74. The molecule has 0 aliphatic rings. The van der Waals surface area contributed by atoms with Crippen LogP contribution in [0.15, 0.2) is 0 Å². The molecule has 2 nitrogen and oxygen atoms in total. The molecule has 0 fully saturated rings. The highest BCUT2D eigenvalue weighted by Crippen LogP contribution is 2.16. The summed E-state index contributed by atoms with van der Waals surface area (Å²) in [6.45, 7) is 4.79. The molecule has 12 heavy (non-hydrogen) atoms. The molecule has 0 aliphatic carbocycles. The monoisotopic (exact) mass is 316 g/mol. The molecular formula is C7H14Br2N2S. The molecule has 1 rings (SSSR count). The zero-order chi connectivity index (χ0) is 7.56. The second kappa shape index (κ2) is 7.00. The number of rotatable bonds is 2. The minimum absolute atomic E-state index is 0. The quantitative estimate of drug-likeness (QED) is 0.909. The van der Waals surface area contributed by atoms with Crippen molar-refractivity contribution in [3.63, 3.8) is 0 Å². The predicted molar refractivity (Wildman–Crippen MR) is 65.0 cm³/mol. The fraction of sp³-hybridized carbons (Fsp3) is 0.571. The van der Waals surface area contributed by atoms with Crippen LogP contribution in [0.25, 0.3) is 0 Å². The minimum Gasteiger partial charge on any atom is -0.330 e. The molecule has 0 saturated carbocycles. The molecule has 0 aliphatic heterocycles. The predicted octanol–water partition coefficient (Wildman–Crippen LogP) is 2.42. The number of nitrogens with two attached hydrogens (primary N) is 1. The Kier molecular flexibility index (Phi) is 8.78. The summed E-state index contributed by atoms with van der Waals surface area (Å²) in [7, 11) is 0. The third-order valence-electron chi connectivity index (χ3n) is 1.37. The highest BCUT2D eigenvalue weighted by molar-refractivity contribution is 8.93. The van der Waals surface area contributed by atoms with E-state index in [1.165, 1.54) is 4.88 Å². The van der Waals surface area contributed by atoms with Crippen molar-refractivity contribution in [2.45, 2.75) is 20.3 Å². The zero-order valence-electron chi connectivity index (χ0n) is 7.16. The standard InChI is InChI=1S/C7H12N2S.2BrH/c1-5-7(3-4-8)10-6(2)9-5;;/h3-4,8H2,1-2H3;2*1H. The molecule has 0 radical (unpaired) electrons. The van der Waals surface area contributed by atoms with Crippen molar-refractivity contribution in [2.75, 3.05) is 6.54 Å². The van der Waals surface area contributed by atoms with Gasteiger partial charge >= 0.3 is 0 Å². The summed E-state index contributed by atoms with van der Waals surface area (Å²) >= 11 is 1.75. The molecule has 0 atom stereocenters. The third-order valence-corrected chi connectivity index (χ3v) is 2.50. The molecule has 5 heteroatoms. The van der Waals surface area contributed by atoms with Crippen LogP contribution in [0.1, 0.15) is 15.6 Å². The third kappa shape index (κ3) is 3.98. The zero-order valence-corrected chi connectivity index (χ0v) is 11.4. The van der Waals surface area contributed by atoms with Gasteiger partial charge in [0.15, 0.2) is 0 Å². The number of aromatic nitrogens is 1. The van der Waals surface area contributed by atoms with E-state index in [0.717, 1.165) is 23.7 Å². The summed E-state index contributed by atoms with van der Waals surface area (Å²) in [5.41, 5.74) is 6.56. The Balaban J connectivity index is 0. The van der Waals surface area contributed by atoms with Gasteiger partial charge in [0, 0.05) is 4.88 Å². The average Bonchev–Trinajstić information content (AvgIpc) is 2.13. The molecule has 2 N–H and O–H groups in total. The van der Waals surface area contributed by atoms with E-state index in [1.54, 1.807) is 11.3 Å². The summed E-state index contributed by atoms with van der Waals surface area (Å²) in [4.78, 5) is 5.63. The first kappa shape index (κ1) is 15.0. The van der Waals surface area contributed by atoms with Crippen molar-refractivity contribution in [2.24, 2.45) is 5.73 Å². The molecular weight excluding hydrogens is 304 g/mol. The number of halogens is 2. The molecule has 0 unspecified atom stereocenters. The van der Waals surface area contributed by atoms with Gasteiger partial charge in [0.2, 0.25) is 0 Å². The van der Waals surface area contributed by atoms with Gasteiger partial charge in [-0.1, -0.05) is 0 Å². The van der Waals surface area contributed by atoms with E-state index in [4.69, 9.17) is 5.73 Å². The summed E-state index contributed by atoms with van der Waals surface area (Å²) in [6, 6.07) is 0. The first-order valence-electron chi connectivity index (χ1n) is 3.37. The van der Waals surface area contributed by atoms with Crippen molar-refractivity contribution in [3.8, 4) is 0 Å². The summed E-state index contributed by atoms with van der Waals surface area (Å²) in [5.74, 6) is 0. The molecule has 0 saturated heterocycles. The molecule has 0 spiro atoms. The largest absolute Gasteiger partial charge is 0.330 e. The molecule has 0 aromatic carbocycles. The highest BCUT2D eigenvalue weighted by Gasteiger charge is 2.01. The van der Waals surface area contributed by atoms with Gasteiger partial charge in [-0.2, -0.15) is 0 Å². The Morgan fingerprint density at radius 2 is 1.92 bits per heavy atom. The van der Waals surface area contributed by atoms with E-state index in [-0.39, 0.29) is 34.0 Å². The van der Waals surface area contributed by atoms with Crippen molar-refractivity contribution >= 4 is 45.3 Å². The fourth-order valence-corrected chi connectivity index (χ4v) is 1.89. The molecule has 1 heterocycles. The van der Waals surface area contributed by atoms with E-state index in [1.807, 2.05) is 13.8 Å². The molecule has 72 valence electrons. The van der Waals surface area contributed by atoms with Crippen LogP contribution >= 0.6 is 45.3 Å². The van der Waals surface area contributed by atoms with Crippen LogP contribution in [0, 0.1) is 13.8 Å². The number of hydrogen-bond donors (Lipinski definition) is 1. The smallest absolute Gasteiger partial charge is 0.0900 e. The number of hydrogen-bond acceptors (Lipinski definition) is 3. The van der Waals surface area contributed by atoms with Gasteiger partial charge in [-0.15, -0.1) is 45.3 Å². The van der Waals surface area contributed by atoms with E-state index in [9.17, 15) is 0 Å². The summed E-state index contributed by atoms with van der Waals surface area (Å²) < 4.78 is 0. The lowest BCUT2D eigenvalue weighted by atomic mass is 10.3. The van der Waals surface area contributed by atoms with Crippen molar-refractivity contribution in [3.05, 3.63) is 15.6 Å². The van der Waals surface area contributed by atoms with Gasteiger partial charge in [0.25, 0.3) is 0 Å². The van der Waals surface area contributed by atoms with E-state index < -0.39 is 0 Å². The van der Waals surface area contributed by atoms with Gasteiger partial charge < -0.3 is 5.73 Å². The summed E-state index contributed by atoms with van der Waals surface area (Å²) in [5, 5.41) is 1.14. The maximum Gasteiger partial charge on any atom is 0.0900 e. The van der Waals surface area contributed by atoms with E-state index in [0.29, 0.717) is 0 Å². The van der Waals surface area contributed by atoms with E-state index >= 15 is 0 Å². The van der Waals surface area contributed by atoms with Crippen LogP contribution in [0.3, 0.4) is 0 Å². The lowest BCUT2D eigenvalue weighted by molar-refractivity contribution is 0.969.